The number of likely N-dealkylation sites (tertiary alicyclic amines) is 1. The van der Waals surface area contributed by atoms with E-state index in [0.29, 0.717) is 124 Å². The maximum Gasteiger partial charge on any atom is 0.426 e. The number of β-amino-alcohol motifs (C(OH)–C–C–N with tert-alkyl or cyclic N) is 1. The van der Waals surface area contributed by atoms with E-state index in [-0.39, 0.29) is 112 Å². The van der Waals surface area contributed by atoms with Gasteiger partial charge in [0.05, 0.1) is 55.2 Å². The molecule has 0 radical (unpaired) electrons. The van der Waals surface area contributed by atoms with E-state index in [9.17, 15) is 58.5 Å². The van der Waals surface area contributed by atoms with Crippen molar-refractivity contribution >= 4 is 120 Å². The molecule has 3 saturated heterocycles. The van der Waals surface area contributed by atoms with Crippen LogP contribution in [0.3, 0.4) is 0 Å². The van der Waals surface area contributed by atoms with Crippen molar-refractivity contribution in [2.75, 3.05) is 101 Å². The lowest BCUT2D eigenvalue weighted by molar-refractivity contribution is -0.222. The van der Waals surface area contributed by atoms with Gasteiger partial charge in [-0.25, -0.2) is 20.2 Å². The molecule has 644 valence electrons. The van der Waals surface area contributed by atoms with Gasteiger partial charge in [-0.05, 0) is 151 Å². The molecular formula is C83H114N18O16S2. The number of ether oxygens (including phenoxy) is 3. The number of hydrazine groups is 1. The number of guanidine groups is 1. The fourth-order valence-electron chi connectivity index (χ4n) is 18.5. The van der Waals surface area contributed by atoms with Crippen molar-refractivity contribution in [3.05, 3.63) is 111 Å². The number of amides is 5. The highest BCUT2D eigenvalue weighted by atomic mass is 33.1. The molecule has 1 aliphatic carbocycles. The molecule has 1 spiro atoms. The van der Waals surface area contributed by atoms with Crippen molar-refractivity contribution in [1.29, 1.82) is 0 Å². The van der Waals surface area contributed by atoms with E-state index < -0.39 is 99.2 Å². The number of aromatic amines is 2. The zero-order valence-electron chi connectivity index (χ0n) is 68.7. The third kappa shape index (κ3) is 20.2. The van der Waals surface area contributed by atoms with Gasteiger partial charge in [-0.3, -0.25) is 63.5 Å². The summed E-state index contributed by atoms with van der Waals surface area (Å²) in [6, 6.07) is 15.4. The summed E-state index contributed by atoms with van der Waals surface area (Å²) in [6.45, 7) is 13.1. The molecule has 119 heavy (non-hydrogen) atoms. The number of H-pyrrole nitrogens is 2. The number of likely N-dealkylation sites (N-methyl/N-ethyl adjacent to an activating group) is 1. The van der Waals surface area contributed by atoms with Gasteiger partial charge >= 0.3 is 6.09 Å². The lowest BCUT2D eigenvalue weighted by Crippen LogP contribution is -2.82. The van der Waals surface area contributed by atoms with Crippen LogP contribution in [-0.2, 0) is 61.4 Å². The number of fused-ring (bicyclic) bond motifs is 3. The van der Waals surface area contributed by atoms with Gasteiger partial charge in [-0.1, -0.05) is 67.5 Å². The second-order valence-electron chi connectivity index (χ2n) is 32.2. The van der Waals surface area contributed by atoms with Gasteiger partial charge < -0.3 is 82.8 Å². The third-order valence-corrected chi connectivity index (χ3v) is 27.0. The molecule has 4 fully saturated rings. The highest BCUT2D eigenvalue weighted by molar-refractivity contribution is 8.76. The first-order valence-electron chi connectivity index (χ1n) is 41.1. The Balaban J connectivity index is 0.616. The zero-order valence-corrected chi connectivity index (χ0v) is 70.3. The van der Waals surface area contributed by atoms with Gasteiger partial charge in [0.2, 0.25) is 17.8 Å². The first-order valence-corrected chi connectivity index (χ1v) is 43.6. The highest BCUT2D eigenvalue weighted by Crippen LogP contribution is 2.68. The van der Waals surface area contributed by atoms with Crippen LogP contribution in [0.25, 0.3) is 22.1 Å². The maximum atomic E-state index is 15.1. The molecule has 17 N–H and O–H groups in total. The molecule has 5 aliphatic rings. The number of aliphatic imine (C=N–C) groups is 1. The molecule has 7 heterocycles. The van der Waals surface area contributed by atoms with Crippen molar-refractivity contribution in [2.24, 2.45) is 33.7 Å². The minimum absolute atomic E-state index is 0.0451. The van der Waals surface area contributed by atoms with Gasteiger partial charge in [0.25, 0.3) is 23.8 Å². The number of nitrogens with two attached hydrogens (primary N) is 3. The SMILES string of the molecule is CC[C@]1(O)CCCN(CCc2c([C@@H](COC=O)c3cc4c(cc3OC)N(C)[C@H]3[C@@](O)(C(=O)NNC(=O)OCCSSCCCC(=O)[C@H](C)NC(=O)[C@H](C)CC(=O)[C@@H](CCCN=C(N)N)NC(=O)[C@H](C)CC(=O)CCCNC(=O)c5ccc(NCc6cnc7nc(N)[nH]c(=O)c7n6)cc5)[C@H](O)[C@]5(CC)CCCN6CC[C@]43[C@@H]65)[nH]c3ccccc23)C1. The number of carbonyl (C=O) groups excluding carboxylic acids is 9. The summed E-state index contributed by atoms with van der Waals surface area (Å²) in [6.07, 6.45) is 4.97. The number of hydrogen-bond acceptors (Lipinski definition) is 27. The van der Waals surface area contributed by atoms with Gasteiger partial charge in [-0.15, -0.1) is 0 Å². The number of methoxy groups -OCH3 is 1. The Morgan fingerprint density at radius 1 is 0.840 bits per heavy atom. The lowest BCUT2D eigenvalue weighted by atomic mass is 9.46. The van der Waals surface area contributed by atoms with Gasteiger partial charge in [0.15, 0.2) is 34.3 Å². The van der Waals surface area contributed by atoms with Crippen LogP contribution in [0.15, 0.2) is 76.6 Å². The first kappa shape index (κ1) is 89.8. The van der Waals surface area contributed by atoms with Crippen LogP contribution in [-0.4, -0.2) is 236 Å². The van der Waals surface area contributed by atoms with E-state index in [4.69, 9.17) is 31.4 Å². The molecule has 11 rings (SSSR count). The topological polar surface area (TPSA) is 502 Å². The molecule has 3 aromatic carbocycles. The Bertz CT molecular complexity index is 4760. The molecule has 34 nitrogen and oxygen atoms in total. The Kier molecular flexibility index (Phi) is 30.1. The van der Waals surface area contributed by atoms with Crippen molar-refractivity contribution in [2.45, 2.75) is 197 Å². The smallest absolute Gasteiger partial charge is 0.426 e. The van der Waals surface area contributed by atoms with E-state index in [2.05, 4.69) is 84.0 Å². The van der Waals surface area contributed by atoms with Crippen LogP contribution in [0, 0.1) is 17.3 Å². The number of piperidine rings is 2. The fraction of sp³-hybridized carbons (Fsp3) is 0.566. The fourth-order valence-corrected chi connectivity index (χ4v) is 20.5. The van der Waals surface area contributed by atoms with Gasteiger partial charge in [0.1, 0.15) is 30.9 Å². The summed E-state index contributed by atoms with van der Waals surface area (Å²) < 4.78 is 17.5. The third-order valence-electron chi connectivity index (χ3n) is 24.5. The second kappa shape index (κ2) is 39.9. The minimum Gasteiger partial charge on any atom is -0.496 e. The molecule has 0 bridgehead atoms. The standard InChI is InChI=1S/C83H114N18O16S2/c1-8-80(113)27-15-32-100(46-80)34-26-56-55-18-10-11-19-60(55)93-66(56)58(45-116-47-102)57-41-59-62(42-65(57)115-7)99(6)74-82(59)29-35-101-33-16-28-81(9-2,73(82)101)75(110)83(74,114)76(111)97-98-79(112)117-36-38-119-118-37-14-21-63(104)50(5)91-69(106)49(4)40-64(105)61(20-13-31-88-77(84)85)94-70(107)48(3)39-54(103)17-12-30-87-71(108)51-22-24-52(25-23-51)89-43-53-44-90-68-67(92-53)72(109)96-78(86)95-68/h10-11,18-19,22-25,41-42,44,47-50,58,61,73-75,89,93,110,113-114H,8-9,12-17,20-21,26-40,43,45-46H2,1-7H3,(H,87,108)(H,91,106)(H,94,107)(H,97,111)(H,98,112)(H4,84,85,88)(H3,86,90,95,96,109)/t48-,49-,50+,58+,61-,73+,74-,75-,80+,81-,82-,83+/m1/s1. The summed E-state index contributed by atoms with van der Waals surface area (Å²) in [4.78, 5) is 162. The van der Waals surface area contributed by atoms with E-state index in [1.54, 1.807) is 59.2 Å². The van der Waals surface area contributed by atoms with E-state index in [0.717, 1.165) is 59.2 Å². The van der Waals surface area contributed by atoms with Crippen LogP contribution < -0.4 is 64.5 Å². The average molecular weight is 1680 g/mol. The number of benzene rings is 3. The molecular weight excluding hydrogens is 1570 g/mol. The molecule has 36 heteroatoms. The van der Waals surface area contributed by atoms with E-state index in [1.807, 2.05) is 43.0 Å². The molecule has 6 aromatic rings. The first-order chi connectivity index (χ1) is 57.0. The number of nitrogens with zero attached hydrogens (tertiary/aromatic N) is 7. The van der Waals surface area contributed by atoms with E-state index in [1.165, 1.54) is 27.8 Å². The summed E-state index contributed by atoms with van der Waals surface area (Å²) in [5.41, 5.74) is 22.5. The van der Waals surface area contributed by atoms with Crippen LogP contribution in [0.5, 0.6) is 5.75 Å². The van der Waals surface area contributed by atoms with E-state index >= 15 is 4.79 Å². The number of para-hydroxylation sites is 1. The average Bonchev–Trinajstić information content (AvgIpc) is 1.49. The van der Waals surface area contributed by atoms with Crippen molar-refractivity contribution < 1.29 is 72.7 Å². The number of anilines is 3. The second-order valence-corrected chi connectivity index (χ2v) is 34.9. The minimum atomic E-state index is -2.51. The molecule has 5 amide bonds. The molecule has 12 atom stereocenters. The van der Waals surface area contributed by atoms with Gasteiger partial charge in [-0.2, -0.15) is 4.98 Å². The number of nitrogens with one attached hydrogen (secondary N) is 8. The Morgan fingerprint density at radius 3 is 2.34 bits per heavy atom. The largest absolute Gasteiger partial charge is 0.496 e. The predicted molar refractivity (Wildman–Crippen MR) is 453 cm³/mol. The summed E-state index contributed by atoms with van der Waals surface area (Å²) >= 11 is 0. The monoisotopic (exact) mass is 1680 g/mol. The van der Waals surface area contributed by atoms with Crippen molar-refractivity contribution in [1.82, 2.24) is 61.5 Å². The number of carbonyl (C=O) groups is 9. The highest BCUT2D eigenvalue weighted by Gasteiger charge is 2.79. The normalized spacial score (nSPS) is 22.5. The van der Waals surface area contributed by atoms with Crippen molar-refractivity contribution in [3.63, 3.8) is 0 Å². The predicted octanol–water partition coefficient (Wildman–Crippen LogP) is 4.84. The van der Waals surface area contributed by atoms with Crippen LogP contribution in [0.1, 0.15) is 175 Å². The van der Waals surface area contributed by atoms with Crippen LogP contribution in [0.4, 0.5) is 22.1 Å². The summed E-state index contributed by atoms with van der Waals surface area (Å²) in [5.74, 6) is -4.54. The number of rotatable bonds is 42. The Labute approximate surface area is 698 Å². The molecule has 4 aliphatic heterocycles. The van der Waals surface area contributed by atoms with Crippen molar-refractivity contribution in [3.8, 4) is 5.75 Å². The summed E-state index contributed by atoms with van der Waals surface area (Å²) in [5, 5.41) is 50.3. The number of aliphatic hydroxyl groups is 3. The number of Topliss-reactive ketones (excluding diaryl/α,β-unsaturated/α-hetero) is 3. The number of hydrogen-bond donors (Lipinski definition) is 14. The Morgan fingerprint density at radius 2 is 1.59 bits per heavy atom. The number of aromatic nitrogens is 5. The lowest BCUT2D eigenvalue weighted by Gasteiger charge is -2.64. The number of ketones is 3. The summed E-state index contributed by atoms with van der Waals surface area (Å²) in [7, 11) is 6.22. The number of nitrogen functional groups attached to an aromatic ring is 1. The quantitative estimate of drug-likeness (QED) is 0.00609. The molecule has 0 unspecified atom stereocenters. The molecule has 3 aromatic heterocycles. The van der Waals surface area contributed by atoms with Gasteiger partial charge in [0, 0.05) is 144 Å². The number of aliphatic hydroxyl groups excluding tert-OH is 1. The molecule has 1 saturated carbocycles. The van der Waals surface area contributed by atoms with Crippen LogP contribution >= 0.6 is 21.6 Å². The maximum absolute atomic E-state index is 15.1. The zero-order chi connectivity index (χ0) is 85.5. The Hall–Kier alpha value is -9.98. The van der Waals surface area contributed by atoms with Crippen LogP contribution in [0.2, 0.25) is 0 Å².